The maximum absolute atomic E-state index is 11.7. The molecule has 1 heterocycles. The lowest BCUT2D eigenvalue weighted by molar-refractivity contribution is -0.126. The molecule has 0 aromatic carbocycles. The second-order valence-electron chi connectivity index (χ2n) is 4.85. The SMILES string of the molecule is O=C(CC1(O)CCCC1)NCc1cc(Cl)ccn1. The number of halogens is 1. The largest absolute Gasteiger partial charge is 0.389 e. The Kier molecular flexibility index (Phi) is 4.19. The van der Waals surface area contributed by atoms with E-state index in [0.717, 1.165) is 25.7 Å². The minimum Gasteiger partial charge on any atom is -0.389 e. The molecule has 1 saturated carbocycles. The molecule has 1 aliphatic carbocycles. The first kappa shape index (κ1) is 13.3. The van der Waals surface area contributed by atoms with E-state index in [0.29, 0.717) is 17.3 Å². The Morgan fingerprint density at radius 3 is 2.89 bits per heavy atom. The highest BCUT2D eigenvalue weighted by atomic mass is 35.5. The topological polar surface area (TPSA) is 62.2 Å². The fraction of sp³-hybridized carbons (Fsp3) is 0.538. The molecule has 5 heteroatoms. The number of aliphatic hydroxyl groups is 1. The van der Waals surface area contributed by atoms with Gasteiger partial charge in [-0.2, -0.15) is 0 Å². The number of rotatable bonds is 4. The molecule has 2 N–H and O–H groups in total. The molecule has 0 spiro atoms. The summed E-state index contributed by atoms with van der Waals surface area (Å²) < 4.78 is 0. The number of nitrogens with one attached hydrogen (secondary N) is 1. The number of amides is 1. The smallest absolute Gasteiger partial charge is 0.223 e. The predicted octanol–water partition coefficient (Wildman–Crippen LogP) is 2.05. The Morgan fingerprint density at radius 2 is 2.22 bits per heavy atom. The molecule has 1 aliphatic rings. The zero-order valence-electron chi connectivity index (χ0n) is 10.2. The number of pyridine rings is 1. The third kappa shape index (κ3) is 3.68. The van der Waals surface area contributed by atoms with Crippen LogP contribution in [0.5, 0.6) is 0 Å². The minimum absolute atomic E-state index is 0.138. The van der Waals surface area contributed by atoms with Gasteiger partial charge < -0.3 is 10.4 Å². The van der Waals surface area contributed by atoms with Gasteiger partial charge in [0, 0.05) is 11.2 Å². The maximum Gasteiger partial charge on any atom is 0.223 e. The Labute approximate surface area is 111 Å². The molecule has 0 unspecified atom stereocenters. The van der Waals surface area contributed by atoms with Crippen LogP contribution in [0.15, 0.2) is 18.3 Å². The average Bonchev–Trinajstić information content (AvgIpc) is 2.73. The van der Waals surface area contributed by atoms with Crippen LogP contribution in [0.4, 0.5) is 0 Å². The number of carbonyl (C=O) groups is 1. The molecule has 0 bridgehead atoms. The first-order chi connectivity index (χ1) is 8.57. The van der Waals surface area contributed by atoms with Gasteiger partial charge in [0.25, 0.3) is 0 Å². The van der Waals surface area contributed by atoms with Crippen molar-refractivity contribution in [2.45, 2.75) is 44.2 Å². The summed E-state index contributed by atoms with van der Waals surface area (Å²) in [6.07, 6.45) is 5.22. The maximum atomic E-state index is 11.7. The van der Waals surface area contributed by atoms with Gasteiger partial charge in [-0.3, -0.25) is 9.78 Å². The summed E-state index contributed by atoms with van der Waals surface area (Å²) in [6, 6.07) is 3.40. The van der Waals surface area contributed by atoms with Crippen molar-refractivity contribution in [1.82, 2.24) is 10.3 Å². The molecule has 1 amide bonds. The molecule has 98 valence electrons. The number of carbonyl (C=O) groups excluding carboxylic acids is 1. The van der Waals surface area contributed by atoms with Gasteiger partial charge in [-0.25, -0.2) is 0 Å². The van der Waals surface area contributed by atoms with Crippen LogP contribution in [0.2, 0.25) is 5.02 Å². The van der Waals surface area contributed by atoms with Gasteiger partial charge in [0.15, 0.2) is 0 Å². The fourth-order valence-corrected chi connectivity index (χ4v) is 2.49. The van der Waals surface area contributed by atoms with Gasteiger partial charge in [0.05, 0.1) is 24.3 Å². The Bertz CT molecular complexity index is 431. The molecule has 0 atom stereocenters. The Hall–Kier alpha value is -1.13. The Morgan fingerprint density at radius 1 is 1.50 bits per heavy atom. The molecule has 2 rings (SSSR count). The van der Waals surface area contributed by atoms with E-state index in [1.165, 1.54) is 0 Å². The summed E-state index contributed by atoms with van der Waals surface area (Å²) in [5.74, 6) is -0.138. The first-order valence-corrected chi connectivity index (χ1v) is 6.55. The third-order valence-electron chi connectivity index (χ3n) is 3.27. The van der Waals surface area contributed by atoms with E-state index in [-0.39, 0.29) is 12.3 Å². The molecule has 1 aromatic heterocycles. The zero-order valence-corrected chi connectivity index (χ0v) is 10.9. The van der Waals surface area contributed by atoms with Crippen LogP contribution in [0.1, 0.15) is 37.8 Å². The van der Waals surface area contributed by atoms with E-state index in [1.807, 2.05) is 0 Å². The van der Waals surface area contributed by atoms with Crippen molar-refractivity contribution < 1.29 is 9.90 Å². The molecule has 1 aromatic rings. The van der Waals surface area contributed by atoms with Crippen molar-refractivity contribution >= 4 is 17.5 Å². The van der Waals surface area contributed by atoms with Crippen LogP contribution >= 0.6 is 11.6 Å². The summed E-state index contributed by atoms with van der Waals surface area (Å²) in [6.45, 7) is 0.343. The molecule has 1 fully saturated rings. The fourth-order valence-electron chi connectivity index (χ4n) is 2.31. The first-order valence-electron chi connectivity index (χ1n) is 6.17. The van der Waals surface area contributed by atoms with Crippen LogP contribution in [0, 0.1) is 0 Å². The van der Waals surface area contributed by atoms with E-state index >= 15 is 0 Å². The summed E-state index contributed by atoms with van der Waals surface area (Å²) >= 11 is 5.83. The van der Waals surface area contributed by atoms with Crippen LogP contribution < -0.4 is 5.32 Å². The van der Waals surface area contributed by atoms with Crippen LogP contribution in [0.3, 0.4) is 0 Å². The van der Waals surface area contributed by atoms with E-state index in [4.69, 9.17) is 11.6 Å². The van der Waals surface area contributed by atoms with Crippen LogP contribution in [-0.4, -0.2) is 21.6 Å². The number of aromatic nitrogens is 1. The Balaban J connectivity index is 1.81. The van der Waals surface area contributed by atoms with E-state index in [9.17, 15) is 9.90 Å². The van der Waals surface area contributed by atoms with Crippen molar-refractivity contribution in [1.29, 1.82) is 0 Å². The van der Waals surface area contributed by atoms with Gasteiger partial charge in [-0.05, 0) is 25.0 Å². The standard InChI is InChI=1S/C13H17ClN2O2/c14-10-3-6-15-11(7-10)9-16-12(17)8-13(18)4-1-2-5-13/h3,6-7,18H,1-2,4-5,8-9H2,(H,16,17). The van der Waals surface area contributed by atoms with Crippen molar-refractivity contribution in [2.24, 2.45) is 0 Å². The minimum atomic E-state index is -0.800. The molecule has 18 heavy (non-hydrogen) atoms. The zero-order chi connectivity index (χ0) is 13.0. The summed E-state index contributed by atoms with van der Waals surface area (Å²) in [7, 11) is 0. The monoisotopic (exact) mass is 268 g/mol. The van der Waals surface area contributed by atoms with E-state index in [2.05, 4.69) is 10.3 Å². The summed E-state index contributed by atoms with van der Waals surface area (Å²) in [4.78, 5) is 15.8. The van der Waals surface area contributed by atoms with Gasteiger partial charge in [0.2, 0.25) is 5.91 Å². The van der Waals surface area contributed by atoms with Crippen molar-refractivity contribution in [3.05, 3.63) is 29.0 Å². The van der Waals surface area contributed by atoms with Gasteiger partial charge in [-0.1, -0.05) is 24.4 Å². The molecular weight excluding hydrogens is 252 g/mol. The molecule has 0 aliphatic heterocycles. The van der Waals surface area contributed by atoms with Gasteiger partial charge in [-0.15, -0.1) is 0 Å². The highest BCUT2D eigenvalue weighted by Crippen LogP contribution is 2.32. The summed E-state index contributed by atoms with van der Waals surface area (Å²) in [5.41, 5.74) is -0.0828. The van der Waals surface area contributed by atoms with Crippen molar-refractivity contribution in [3.8, 4) is 0 Å². The van der Waals surface area contributed by atoms with E-state index in [1.54, 1.807) is 18.3 Å². The second kappa shape index (κ2) is 5.67. The van der Waals surface area contributed by atoms with Crippen molar-refractivity contribution in [3.63, 3.8) is 0 Å². The number of nitrogens with zero attached hydrogens (tertiary/aromatic N) is 1. The normalized spacial score (nSPS) is 17.7. The van der Waals surface area contributed by atoms with Crippen LogP contribution in [0.25, 0.3) is 0 Å². The molecule has 4 nitrogen and oxygen atoms in total. The lowest BCUT2D eigenvalue weighted by Crippen LogP contribution is -2.34. The quantitative estimate of drug-likeness (QED) is 0.879. The number of hydrogen-bond acceptors (Lipinski definition) is 3. The van der Waals surface area contributed by atoms with E-state index < -0.39 is 5.60 Å². The highest BCUT2D eigenvalue weighted by molar-refractivity contribution is 6.30. The van der Waals surface area contributed by atoms with Gasteiger partial charge >= 0.3 is 0 Å². The molecule has 0 radical (unpaired) electrons. The molecular formula is C13H17ClN2O2. The predicted molar refractivity (Wildman–Crippen MR) is 69.1 cm³/mol. The van der Waals surface area contributed by atoms with Gasteiger partial charge in [0.1, 0.15) is 0 Å². The highest BCUT2D eigenvalue weighted by Gasteiger charge is 2.33. The van der Waals surface area contributed by atoms with Crippen LogP contribution in [-0.2, 0) is 11.3 Å². The average molecular weight is 269 g/mol. The molecule has 0 saturated heterocycles. The lowest BCUT2D eigenvalue weighted by atomic mass is 9.98. The third-order valence-corrected chi connectivity index (χ3v) is 3.50. The summed E-state index contributed by atoms with van der Waals surface area (Å²) in [5, 5.41) is 13.5. The lowest BCUT2D eigenvalue weighted by Gasteiger charge is -2.21. The second-order valence-corrected chi connectivity index (χ2v) is 5.29. The van der Waals surface area contributed by atoms with Crippen molar-refractivity contribution in [2.75, 3.05) is 0 Å². The number of hydrogen-bond donors (Lipinski definition) is 2.